The van der Waals surface area contributed by atoms with Crippen molar-refractivity contribution in [1.29, 1.82) is 0 Å². The highest BCUT2D eigenvalue weighted by Crippen LogP contribution is 2.22. The summed E-state index contributed by atoms with van der Waals surface area (Å²) in [6.45, 7) is 3.37. The number of amides is 3. The van der Waals surface area contributed by atoms with Crippen LogP contribution in [0.3, 0.4) is 0 Å². The Bertz CT molecular complexity index is 1080. The molecule has 178 valence electrons. The molecule has 1 unspecified atom stereocenters. The summed E-state index contributed by atoms with van der Waals surface area (Å²) in [5, 5.41) is 2.96. The van der Waals surface area contributed by atoms with Gasteiger partial charge in [-0.05, 0) is 67.5 Å². The molecule has 8 nitrogen and oxygen atoms in total. The third kappa shape index (κ3) is 6.93. The van der Waals surface area contributed by atoms with E-state index in [1.54, 1.807) is 11.0 Å². The van der Waals surface area contributed by atoms with Gasteiger partial charge in [0.1, 0.15) is 6.04 Å². The first kappa shape index (κ1) is 25.0. The Morgan fingerprint density at radius 1 is 1.12 bits per heavy atom. The summed E-state index contributed by atoms with van der Waals surface area (Å²) >= 11 is 6.26. The SMILES string of the molecule is CC1CCN(C(=O)C(CCc2ccccc2Cl)NS(=O)(=O)c2ccc(NC(N)=O)cc2)CC1. The molecule has 1 fully saturated rings. The van der Waals surface area contributed by atoms with Crippen LogP contribution in [0, 0.1) is 5.92 Å². The van der Waals surface area contributed by atoms with Gasteiger partial charge in [-0.25, -0.2) is 13.2 Å². The van der Waals surface area contributed by atoms with Gasteiger partial charge >= 0.3 is 6.03 Å². The molecular weight excluding hydrogens is 464 g/mol. The number of halogens is 1. The average molecular weight is 493 g/mol. The molecule has 3 amide bonds. The third-order valence-corrected chi connectivity index (χ3v) is 7.64. The smallest absolute Gasteiger partial charge is 0.316 e. The number of urea groups is 1. The third-order valence-electron chi connectivity index (χ3n) is 5.78. The van der Waals surface area contributed by atoms with Crippen LogP contribution in [0.5, 0.6) is 0 Å². The van der Waals surface area contributed by atoms with Crippen LogP contribution in [0.4, 0.5) is 10.5 Å². The van der Waals surface area contributed by atoms with E-state index in [2.05, 4.69) is 17.0 Å². The lowest BCUT2D eigenvalue weighted by molar-refractivity contribution is -0.134. The second-order valence-corrected chi connectivity index (χ2v) is 10.4. The summed E-state index contributed by atoms with van der Waals surface area (Å²) in [4.78, 5) is 26.0. The standard InChI is InChI=1S/C23H29ClN4O4S/c1-16-12-14-28(15-13-16)22(29)21(11-6-17-4-2-3-5-20(17)24)27-33(31,32)19-9-7-18(8-10-19)26-23(25)30/h2-5,7-10,16,21,27H,6,11-15H2,1H3,(H3,25,26,30). The zero-order valence-electron chi connectivity index (χ0n) is 18.5. The van der Waals surface area contributed by atoms with E-state index in [4.69, 9.17) is 17.3 Å². The Hall–Kier alpha value is -2.62. The number of benzene rings is 2. The fraction of sp³-hybridized carbons (Fsp3) is 0.391. The number of carbonyl (C=O) groups excluding carboxylic acids is 2. The molecule has 0 aliphatic carbocycles. The number of primary amides is 1. The van der Waals surface area contributed by atoms with Gasteiger partial charge in [-0.3, -0.25) is 4.79 Å². The second kappa shape index (κ2) is 11.0. The number of carbonyl (C=O) groups is 2. The summed E-state index contributed by atoms with van der Waals surface area (Å²) in [7, 11) is -3.99. The van der Waals surface area contributed by atoms with Gasteiger partial charge in [0.25, 0.3) is 0 Å². The lowest BCUT2D eigenvalue weighted by Gasteiger charge is -2.33. The first-order valence-electron chi connectivity index (χ1n) is 10.9. The van der Waals surface area contributed by atoms with E-state index in [0.717, 1.165) is 18.4 Å². The van der Waals surface area contributed by atoms with Crippen LogP contribution in [0.25, 0.3) is 0 Å². The predicted octanol–water partition coefficient (Wildman–Crippen LogP) is 3.37. The zero-order valence-corrected chi connectivity index (χ0v) is 20.0. The van der Waals surface area contributed by atoms with Crippen molar-refractivity contribution >= 4 is 39.2 Å². The molecular formula is C23H29ClN4O4S. The highest BCUT2D eigenvalue weighted by atomic mass is 35.5. The molecule has 0 aromatic heterocycles. The Morgan fingerprint density at radius 2 is 1.76 bits per heavy atom. The predicted molar refractivity (Wildman–Crippen MR) is 129 cm³/mol. The number of anilines is 1. The molecule has 10 heteroatoms. The number of aryl methyl sites for hydroxylation is 1. The summed E-state index contributed by atoms with van der Waals surface area (Å²) in [5.74, 6) is 0.310. The molecule has 1 aliphatic rings. The van der Waals surface area contributed by atoms with Crippen molar-refractivity contribution in [2.45, 2.75) is 43.5 Å². The maximum atomic E-state index is 13.3. The molecule has 0 saturated carbocycles. The van der Waals surface area contributed by atoms with Gasteiger partial charge in [0.2, 0.25) is 15.9 Å². The van der Waals surface area contributed by atoms with Gasteiger partial charge in [-0.1, -0.05) is 36.7 Å². The summed E-state index contributed by atoms with van der Waals surface area (Å²) < 4.78 is 28.7. The normalized spacial score (nSPS) is 15.8. The lowest BCUT2D eigenvalue weighted by Crippen LogP contribution is -2.50. The summed E-state index contributed by atoms with van der Waals surface area (Å²) in [6.07, 6.45) is 2.51. The van der Waals surface area contributed by atoms with Gasteiger partial charge in [0, 0.05) is 23.8 Å². The maximum absolute atomic E-state index is 13.3. The summed E-state index contributed by atoms with van der Waals surface area (Å²) in [6, 6.07) is 11.2. The monoisotopic (exact) mass is 492 g/mol. The number of nitrogens with zero attached hydrogens (tertiary/aromatic N) is 1. The molecule has 2 aromatic carbocycles. The number of nitrogens with one attached hydrogen (secondary N) is 2. The molecule has 1 aliphatic heterocycles. The quantitative estimate of drug-likeness (QED) is 0.523. The molecule has 1 heterocycles. The van der Waals surface area contributed by atoms with Crippen LogP contribution in [-0.4, -0.2) is 44.4 Å². The highest BCUT2D eigenvalue weighted by molar-refractivity contribution is 7.89. The fourth-order valence-corrected chi connectivity index (χ4v) is 5.25. The minimum Gasteiger partial charge on any atom is -0.351 e. The number of rotatable bonds is 8. The molecule has 0 bridgehead atoms. The van der Waals surface area contributed by atoms with E-state index in [1.165, 1.54) is 24.3 Å². The second-order valence-electron chi connectivity index (χ2n) is 8.33. The van der Waals surface area contributed by atoms with Gasteiger partial charge in [0.15, 0.2) is 0 Å². The minimum atomic E-state index is -3.99. The number of piperidine rings is 1. The van der Waals surface area contributed by atoms with Crippen molar-refractivity contribution in [1.82, 2.24) is 9.62 Å². The molecule has 0 radical (unpaired) electrons. The van der Waals surface area contributed by atoms with Crippen molar-refractivity contribution < 1.29 is 18.0 Å². The Morgan fingerprint density at radius 3 is 2.36 bits per heavy atom. The molecule has 0 spiro atoms. The van der Waals surface area contributed by atoms with E-state index in [0.29, 0.717) is 36.1 Å². The number of nitrogens with two attached hydrogens (primary N) is 1. The molecule has 1 atom stereocenters. The van der Waals surface area contributed by atoms with E-state index in [-0.39, 0.29) is 17.2 Å². The van der Waals surface area contributed by atoms with Crippen molar-refractivity contribution in [3.05, 3.63) is 59.1 Å². The van der Waals surface area contributed by atoms with Gasteiger partial charge in [-0.2, -0.15) is 4.72 Å². The fourth-order valence-electron chi connectivity index (χ4n) is 3.80. The largest absolute Gasteiger partial charge is 0.351 e. The topological polar surface area (TPSA) is 122 Å². The Labute approximate surface area is 199 Å². The number of likely N-dealkylation sites (tertiary alicyclic amines) is 1. The van der Waals surface area contributed by atoms with Gasteiger partial charge < -0.3 is 16.0 Å². The van der Waals surface area contributed by atoms with Crippen LogP contribution < -0.4 is 15.8 Å². The number of hydrogen-bond donors (Lipinski definition) is 3. The zero-order chi connectivity index (χ0) is 24.0. The molecule has 1 saturated heterocycles. The van der Waals surface area contributed by atoms with Crippen LogP contribution >= 0.6 is 11.6 Å². The minimum absolute atomic E-state index is 0.0136. The molecule has 2 aromatic rings. The first-order chi connectivity index (χ1) is 15.7. The van der Waals surface area contributed by atoms with Crippen LogP contribution in [0.2, 0.25) is 5.02 Å². The van der Waals surface area contributed by atoms with Gasteiger partial charge in [0.05, 0.1) is 4.90 Å². The van der Waals surface area contributed by atoms with Crippen LogP contribution in [-0.2, 0) is 21.2 Å². The van der Waals surface area contributed by atoms with Crippen molar-refractivity contribution in [2.24, 2.45) is 11.7 Å². The van der Waals surface area contributed by atoms with Crippen molar-refractivity contribution in [3.63, 3.8) is 0 Å². The average Bonchev–Trinajstić information content (AvgIpc) is 2.77. The van der Waals surface area contributed by atoms with E-state index in [1.807, 2.05) is 18.2 Å². The lowest BCUT2D eigenvalue weighted by atomic mass is 9.98. The Balaban J connectivity index is 1.79. The van der Waals surface area contributed by atoms with Crippen molar-refractivity contribution in [2.75, 3.05) is 18.4 Å². The van der Waals surface area contributed by atoms with Gasteiger partial charge in [-0.15, -0.1) is 0 Å². The van der Waals surface area contributed by atoms with Crippen LogP contribution in [0.1, 0.15) is 31.7 Å². The van der Waals surface area contributed by atoms with Crippen molar-refractivity contribution in [3.8, 4) is 0 Å². The number of sulfonamides is 1. The van der Waals surface area contributed by atoms with E-state index >= 15 is 0 Å². The molecule has 3 rings (SSSR count). The maximum Gasteiger partial charge on any atom is 0.316 e. The number of hydrogen-bond acceptors (Lipinski definition) is 4. The van der Waals surface area contributed by atoms with Crippen LogP contribution in [0.15, 0.2) is 53.4 Å². The molecule has 4 N–H and O–H groups in total. The van der Waals surface area contributed by atoms with E-state index < -0.39 is 22.1 Å². The first-order valence-corrected chi connectivity index (χ1v) is 12.7. The van der Waals surface area contributed by atoms with E-state index in [9.17, 15) is 18.0 Å². The molecule has 33 heavy (non-hydrogen) atoms. The highest BCUT2D eigenvalue weighted by Gasteiger charge is 2.31. The summed E-state index contributed by atoms with van der Waals surface area (Å²) in [5.41, 5.74) is 6.31. The Kier molecular flexibility index (Phi) is 8.34.